The molecular formula is C18H19IN2O3S2. The van der Waals surface area contributed by atoms with Crippen LogP contribution in [-0.4, -0.2) is 40.7 Å². The zero-order valence-corrected chi connectivity index (χ0v) is 18.8. The van der Waals surface area contributed by atoms with Gasteiger partial charge < -0.3 is 0 Å². The zero-order chi connectivity index (χ0) is 19.2. The number of alkyl halides is 1. The number of hydrogen-bond donors (Lipinski definition) is 0. The minimum absolute atomic E-state index is 0.00513. The summed E-state index contributed by atoms with van der Waals surface area (Å²) < 4.78 is 0.650. The van der Waals surface area contributed by atoms with Gasteiger partial charge >= 0.3 is 6.03 Å². The van der Waals surface area contributed by atoms with Gasteiger partial charge in [-0.2, -0.15) is 0 Å². The van der Waals surface area contributed by atoms with Gasteiger partial charge in [-0.25, -0.2) is 4.79 Å². The van der Waals surface area contributed by atoms with Crippen molar-refractivity contribution < 1.29 is 14.4 Å². The highest BCUT2D eigenvalue weighted by atomic mass is 127. The minimum Gasteiger partial charge on any atom is -0.268 e. The lowest BCUT2D eigenvalue weighted by molar-refractivity contribution is -0.135. The number of urea groups is 1. The Labute approximate surface area is 175 Å². The molecule has 0 aliphatic carbocycles. The summed E-state index contributed by atoms with van der Waals surface area (Å²) in [6, 6.07) is 5.70. The Hall–Kier alpha value is -1.00. The standard InChI is InChI=1S/C18H19IN2O3S2/c1-5-20-14(22)13(15(23)21(6-2)17(20)24)16-25-11-8-7-10(18(3,4)19)9-12(11)26-16/h7-9H,5-6H2,1-4H3. The molecule has 5 nitrogen and oxygen atoms in total. The van der Waals surface area contributed by atoms with E-state index in [1.54, 1.807) is 13.8 Å². The molecule has 8 heteroatoms. The summed E-state index contributed by atoms with van der Waals surface area (Å²) in [7, 11) is 0. The molecule has 2 aliphatic heterocycles. The summed E-state index contributed by atoms with van der Waals surface area (Å²) in [5.41, 5.74) is 1.30. The maximum atomic E-state index is 12.8. The number of fused-ring (bicyclic) bond motifs is 1. The van der Waals surface area contributed by atoms with E-state index in [4.69, 9.17) is 0 Å². The second-order valence-electron chi connectivity index (χ2n) is 6.38. The number of rotatable bonds is 3. The molecule has 1 aromatic carbocycles. The molecule has 0 unspecified atom stereocenters. The van der Waals surface area contributed by atoms with Crippen LogP contribution in [0.2, 0.25) is 0 Å². The molecule has 2 aliphatic rings. The van der Waals surface area contributed by atoms with Gasteiger partial charge in [-0.3, -0.25) is 19.4 Å². The molecule has 0 radical (unpaired) electrons. The Balaban J connectivity index is 2.03. The molecule has 0 spiro atoms. The van der Waals surface area contributed by atoms with Gasteiger partial charge in [0.25, 0.3) is 11.8 Å². The van der Waals surface area contributed by atoms with Crippen molar-refractivity contribution >= 4 is 64.0 Å². The number of thioether (sulfide) groups is 2. The zero-order valence-electron chi connectivity index (χ0n) is 15.0. The number of imide groups is 2. The number of carbonyl (C=O) groups is 3. The van der Waals surface area contributed by atoms with Gasteiger partial charge in [0.15, 0.2) is 0 Å². The van der Waals surface area contributed by atoms with E-state index in [2.05, 4.69) is 48.6 Å². The second kappa shape index (κ2) is 7.20. The van der Waals surface area contributed by atoms with Gasteiger partial charge in [0.05, 0.1) is 4.24 Å². The first-order valence-electron chi connectivity index (χ1n) is 8.30. The van der Waals surface area contributed by atoms with Crippen LogP contribution >= 0.6 is 46.1 Å². The summed E-state index contributed by atoms with van der Waals surface area (Å²) in [4.78, 5) is 42.2. The summed E-state index contributed by atoms with van der Waals surface area (Å²) >= 11 is 5.26. The average molecular weight is 502 g/mol. The van der Waals surface area contributed by atoms with Gasteiger partial charge in [-0.1, -0.05) is 52.2 Å². The van der Waals surface area contributed by atoms with Gasteiger partial charge in [-0.05, 0) is 45.4 Å². The molecule has 0 bridgehead atoms. The first-order valence-corrected chi connectivity index (χ1v) is 11.0. The third-order valence-corrected chi connectivity index (χ3v) is 7.42. The Bertz CT molecular complexity index is 817. The van der Waals surface area contributed by atoms with Crippen molar-refractivity contribution in [2.75, 3.05) is 13.1 Å². The number of amides is 4. The fourth-order valence-electron chi connectivity index (χ4n) is 2.78. The average Bonchev–Trinajstić information content (AvgIpc) is 2.97. The largest absolute Gasteiger partial charge is 0.333 e. The Kier molecular flexibility index (Phi) is 5.47. The summed E-state index contributed by atoms with van der Waals surface area (Å²) in [6.07, 6.45) is 0. The molecular weight excluding hydrogens is 483 g/mol. The van der Waals surface area contributed by atoms with Crippen LogP contribution in [0.4, 0.5) is 4.79 Å². The van der Waals surface area contributed by atoms with E-state index in [-0.39, 0.29) is 22.1 Å². The van der Waals surface area contributed by atoms with Gasteiger partial charge in [0.2, 0.25) is 0 Å². The number of likely N-dealkylation sites (N-methyl/N-ethyl adjacent to an activating group) is 2. The third kappa shape index (κ3) is 3.31. The van der Waals surface area contributed by atoms with E-state index in [0.29, 0.717) is 4.24 Å². The highest BCUT2D eigenvalue weighted by Crippen LogP contribution is 2.54. The van der Waals surface area contributed by atoms with Crippen molar-refractivity contribution in [3.8, 4) is 0 Å². The number of hydrogen-bond acceptors (Lipinski definition) is 5. The van der Waals surface area contributed by atoms with Crippen LogP contribution < -0.4 is 0 Å². The minimum atomic E-state index is -0.534. The van der Waals surface area contributed by atoms with Crippen LogP contribution in [0.1, 0.15) is 33.3 Å². The SMILES string of the molecule is CCN1C(=O)C(=C2Sc3ccc(C(C)(C)I)cc3S2)C(=O)N(CC)C1=O. The smallest absolute Gasteiger partial charge is 0.268 e. The van der Waals surface area contributed by atoms with Crippen LogP contribution in [0.3, 0.4) is 0 Å². The highest BCUT2D eigenvalue weighted by Gasteiger charge is 2.43. The molecule has 3 rings (SSSR count). The number of carbonyl (C=O) groups excluding carboxylic acids is 3. The molecule has 0 saturated carbocycles. The molecule has 1 fully saturated rings. The lowest BCUT2D eigenvalue weighted by Gasteiger charge is -2.33. The number of nitrogens with zero attached hydrogens (tertiary/aromatic N) is 2. The van der Waals surface area contributed by atoms with Gasteiger partial charge in [0.1, 0.15) is 5.57 Å². The van der Waals surface area contributed by atoms with E-state index in [0.717, 1.165) is 19.6 Å². The lowest BCUT2D eigenvalue weighted by atomic mass is 10.0. The van der Waals surface area contributed by atoms with Gasteiger partial charge in [-0.15, -0.1) is 0 Å². The monoisotopic (exact) mass is 502 g/mol. The molecule has 1 aromatic rings. The topological polar surface area (TPSA) is 57.7 Å². The van der Waals surface area contributed by atoms with Crippen LogP contribution in [0.25, 0.3) is 0 Å². The molecule has 4 amide bonds. The van der Waals surface area contributed by atoms with Crippen LogP contribution in [0, 0.1) is 0 Å². The maximum Gasteiger partial charge on any atom is 0.333 e. The van der Waals surface area contributed by atoms with Crippen molar-refractivity contribution in [1.29, 1.82) is 0 Å². The molecule has 26 heavy (non-hydrogen) atoms. The molecule has 0 aromatic heterocycles. The quantitative estimate of drug-likeness (QED) is 0.262. The fourth-order valence-corrected chi connectivity index (χ4v) is 5.67. The predicted molar refractivity (Wildman–Crippen MR) is 112 cm³/mol. The molecule has 138 valence electrons. The van der Waals surface area contributed by atoms with E-state index in [1.807, 2.05) is 6.07 Å². The predicted octanol–water partition coefficient (Wildman–Crippen LogP) is 4.60. The second-order valence-corrected chi connectivity index (χ2v) is 11.4. The summed E-state index contributed by atoms with van der Waals surface area (Å²) in [6.45, 7) is 8.24. The van der Waals surface area contributed by atoms with Crippen molar-refractivity contribution in [3.05, 3.63) is 33.6 Å². The molecule has 0 N–H and O–H groups in total. The van der Waals surface area contributed by atoms with E-state index < -0.39 is 17.8 Å². The third-order valence-electron chi connectivity index (χ3n) is 4.25. The van der Waals surface area contributed by atoms with E-state index >= 15 is 0 Å². The number of benzene rings is 1. The normalized spacial score (nSPS) is 18.1. The number of barbiturate groups is 1. The summed E-state index contributed by atoms with van der Waals surface area (Å²) in [5, 5.41) is 0. The van der Waals surface area contributed by atoms with Gasteiger partial charge in [0, 0.05) is 26.3 Å². The van der Waals surface area contributed by atoms with Crippen molar-refractivity contribution in [2.24, 2.45) is 0 Å². The summed E-state index contributed by atoms with van der Waals surface area (Å²) in [5.74, 6) is -0.992. The maximum absolute atomic E-state index is 12.8. The molecule has 0 atom stereocenters. The van der Waals surface area contributed by atoms with Crippen molar-refractivity contribution in [1.82, 2.24) is 9.80 Å². The molecule has 2 heterocycles. The Morgan fingerprint density at radius 2 is 1.50 bits per heavy atom. The van der Waals surface area contributed by atoms with E-state index in [1.165, 1.54) is 29.1 Å². The molecule has 1 saturated heterocycles. The van der Waals surface area contributed by atoms with Crippen LogP contribution in [-0.2, 0) is 13.0 Å². The lowest BCUT2D eigenvalue weighted by Crippen LogP contribution is -2.56. The van der Waals surface area contributed by atoms with E-state index in [9.17, 15) is 14.4 Å². The highest BCUT2D eigenvalue weighted by molar-refractivity contribution is 14.1. The van der Waals surface area contributed by atoms with Crippen molar-refractivity contribution in [2.45, 2.75) is 40.9 Å². The van der Waals surface area contributed by atoms with Crippen LogP contribution in [0.15, 0.2) is 37.8 Å². The number of halogens is 1. The first-order chi connectivity index (χ1) is 12.2. The first kappa shape index (κ1) is 19.8. The Morgan fingerprint density at radius 3 is 2.00 bits per heavy atom. The fraction of sp³-hybridized carbons (Fsp3) is 0.389. The van der Waals surface area contributed by atoms with Crippen molar-refractivity contribution in [3.63, 3.8) is 0 Å². The van der Waals surface area contributed by atoms with Crippen LogP contribution in [0.5, 0.6) is 0 Å². The Morgan fingerprint density at radius 1 is 0.962 bits per heavy atom.